The van der Waals surface area contributed by atoms with E-state index in [1.54, 1.807) is 12.4 Å². The molecule has 0 saturated carbocycles. The van der Waals surface area contributed by atoms with E-state index < -0.39 is 5.97 Å². The van der Waals surface area contributed by atoms with Gasteiger partial charge in [-0.2, -0.15) is 0 Å². The number of aliphatic carboxylic acids is 1. The lowest BCUT2D eigenvalue weighted by Crippen LogP contribution is -2.48. The zero-order chi connectivity index (χ0) is 12.3. The van der Waals surface area contributed by atoms with Crippen LogP contribution in [0.1, 0.15) is 5.56 Å². The minimum Gasteiger partial charge on any atom is -0.480 e. The van der Waals surface area contributed by atoms with Gasteiger partial charge in [-0.3, -0.25) is 9.69 Å². The summed E-state index contributed by atoms with van der Waals surface area (Å²) >= 11 is 0. The second kappa shape index (κ2) is 5.09. The summed E-state index contributed by atoms with van der Waals surface area (Å²) in [4.78, 5) is 23.1. The Hall–Kier alpha value is -1.69. The molecule has 0 unspecified atom stereocenters. The van der Waals surface area contributed by atoms with Crippen LogP contribution < -0.4 is 4.90 Å². The van der Waals surface area contributed by atoms with Crippen LogP contribution in [0.25, 0.3) is 0 Å². The van der Waals surface area contributed by atoms with Gasteiger partial charge in [0.15, 0.2) is 0 Å². The first-order valence-corrected chi connectivity index (χ1v) is 5.63. The Morgan fingerprint density at radius 3 is 2.41 bits per heavy atom. The van der Waals surface area contributed by atoms with Gasteiger partial charge in [-0.1, -0.05) is 0 Å². The quantitative estimate of drug-likeness (QED) is 0.796. The molecule has 2 rings (SSSR count). The highest BCUT2D eigenvalue weighted by atomic mass is 16.4. The molecule has 1 fully saturated rings. The number of nitrogens with zero attached hydrogens (tertiary/aromatic N) is 4. The summed E-state index contributed by atoms with van der Waals surface area (Å²) in [5.41, 5.74) is 1.04. The van der Waals surface area contributed by atoms with E-state index >= 15 is 0 Å². The van der Waals surface area contributed by atoms with E-state index in [0.717, 1.165) is 37.7 Å². The Bertz CT molecular complexity index is 385. The SMILES string of the molecule is Cc1cnc(N2CCN(CC(=O)O)CC2)nc1. The first-order valence-electron chi connectivity index (χ1n) is 5.63. The molecule has 6 nitrogen and oxygen atoms in total. The van der Waals surface area contributed by atoms with Gasteiger partial charge in [-0.15, -0.1) is 0 Å². The third-order valence-electron chi connectivity index (χ3n) is 2.78. The van der Waals surface area contributed by atoms with Gasteiger partial charge in [-0.05, 0) is 12.5 Å². The number of carboxylic acid groups (broad SMARTS) is 1. The van der Waals surface area contributed by atoms with E-state index in [9.17, 15) is 4.79 Å². The molecule has 0 aliphatic carbocycles. The van der Waals surface area contributed by atoms with Crippen molar-refractivity contribution in [2.24, 2.45) is 0 Å². The zero-order valence-electron chi connectivity index (χ0n) is 9.83. The smallest absolute Gasteiger partial charge is 0.317 e. The molecule has 1 aromatic rings. The van der Waals surface area contributed by atoms with Gasteiger partial charge in [0, 0.05) is 38.6 Å². The van der Waals surface area contributed by atoms with Crippen LogP contribution in [0, 0.1) is 6.92 Å². The first-order chi connectivity index (χ1) is 8.15. The topological polar surface area (TPSA) is 69.6 Å². The molecular weight excluding hydrogens is 220 g/mol. The molecule has 0 aromatic carbocycles. The van der Waals surface area contributed by atoms with Crippen LogP contribution in [-0.4, -0.2) is 58.7 Å². The Morgan fingerprint density at radius 1 is 1.29 bits per heavy atom. The molecule has 0 atom stereocenters. The molecule has 1 aromatic heterocycles. The number of rotatable bonds is 3. The van der Waals surface area contributed by atoms with E-state index in [-0.39, 0.29) is 6.54 Å². The van der Waals surface area contributed by atoms with Gasteiger partial charge < -0.3 is 10.0 Å². The third kappa shape index (κ3) is 3.13. The number of aryl methyl sites for hydroxylation is 1. The highest BCUT2D eigenvalue weighted by molar-refractivity contribution is 5.69. The largest absolute Gasteiger partial charge is 0.480 e. The molecule has 0 amide bonds. The van der Waals surface area contributed by atoms with Gasteiger partial charge in [0.1, 0.15) is 0 Å². The predicted octanol–water partition coefficient (Wildman–Crippen LogP) is -0.00838. The summed E-state index contributed by atoms with van der Waals surface area (Å²) in [5, 5.41) is 8.70. The molecule has 1 aliphatic rings. The maximum atomic E-state index is 10.6. The van der Waals surface area contributed by atoms with E-state index in [2.05, 4.69) is 14.9 Å². The molecule has 2 heterocycles. The van der Waals surface area contributed by atoms with Crippen LogP contribution in [0.4, 0.5) is 5.95 Å². The molecular formula is C11H16N4O2. The van der Waals surface area contributed by atoms with Crippen molar-refractivity contribution in [3.63, 3.8) is 0 Å². The van der Waals surface area contributed by atoms with Gasteiger partial charge >= 0.3 is 5.97 Å². The monoisotopic (exact) mass is 236 g/mol. The molecule has 0 radical (unpaired) electrons. The lowest BCUT2D eigenvalue weighted by Gasteiger charge is -2.33. The van der Waals surface area contributed by atoms with E-state index in [1.165, 1.54) is 0 Å². The Kier molecular flexibility index (Phi) is 3.53. The summed E-state index contributed by atoms with van der Waals surface area (Å²) in [6, 6.07) is 0. The maximum absolute atomic E-state index is 10.6. The number of piperazine rings is 1. The van der Waals surface area contributed by atoms with Gasteiger partial charge in [0.2, 0.25) is 5.95 Å². The van der Waals surface area contributed by atoms with Gasteiger partial charge in [0.05, 0.1) is 6.54 Å². The summed E-state index contributed by atoms with van der Waals surface area (Å²) in [6.07, 6.45) is 3.60. The van der Waals surface area contributed by atoms with Crippen LogP contribution in [0.5, 0.6) is 0 Å². The maximum Gasteiger partial charge on any atom is 0.317 e. The molecule has 1 N–H and O–H groups in total. The molecule has 1 aliphatic heterocycles. The molecule has 0 bridgehead atoms. The Labute approximate surface area is 99.9 Å². The van der Waals surface area contributed by atoms with Crippen molar-refractivity contribution < 1.29 is 9.90 Å². The molecule has 6 heteroatoms. The summed E-state index contributed by atoms with van der Waals surface area (Å²) in [7, 11) is 0. The zero-order valence-corrected chi connectivity index (χ0v) is 9.83. The summed E-state index contributed by atoms with van der Waals surface area (Å²) in [5.74, 6) is -0.0457. The molecule has 1 saturated heterocycles. The number of anilines is 1. The minimum atomic E-state index is -0.773. The minimum absolute atomic E-state index is 0.114. The number of hydrogen-bond acceptors (Lipinski definition) is 5. The number of carboxylic acids is 1. The number of hydrogen-bond donors (Lipinski definition) is 1. The van der Waals surface area contributed by atoms with Crippen molar-refractivity contribution in [2.75, 3.05) is 37.6 Å². The fourth-order valence-electron chi connectivity index (χ4n) is 1.85. The summed E-state index contributed by atoms with van der Waals surface area (Å²) < 4.78 is 0. The summed E-state index contributed by atoms with van der Waals surface area (Å²) in [6.45, 7) is 5.09. The van der Waals surface area contributed by atoms with Crippen molar-refractivity contribution in [2.45, 2.75) is 6.92 Å². The van der Waals surface area contributed by atoms with Gasteiger partial charge in [0.25, 0.3) is 0 Å². The van der Waals surface area contributed by atoms with Crippen LogP contribution in [0.15, 0.2) is 12.4 Å². The van der Waals surface area contributed by atoms with Crippen LogP contribution in [-0.2, 0) is 4.79 Å². The second-order valence-corrected chi connectivity index (χ2v) is 4.22. The fraction of sp³-hybridized carbons (Fsp3) is 0.545. The normalized spacial score (nSPS) is 17.1. The predicted molar refractivity (Wildman–Crippen MR) is 63.1 cm³/mol. The number of carbonyl (C=O) groups is 1. The fourth-order valence-corrected chi connectivity index (χ4v) is 1.85. The third-order valence-corrected chi connectivity index (χ3v) is 2.78. The highest BCUT2D eigenvalue weighted by Crippen LogP contribution is 2.10. The van der Waals surface area contributed by atoms with Gasteiger partial charge in [-0.25, -0.2) is 9.97 Å². The second-order valence-electron chi connectivity index (χ2n) is 4.22. The average Bonchev–Trinajstić information content (AvgIpc) is 2.30. The van der Waals surface area contributed by atoms with Crippen molar-refractivity contribution in [1.82, 2.24) is 14.9 Å². The molecule has 0 spiro atoms. The van der Waals surface area contributed by atoms with Crippen molar-refractivity contribution >= 4 is 11.9 Å². The highest BCUT2D eigenvalue weighted by Gasteiger charge is 2.19. The first kappa shape index (κ1) is 11.8. The van der Waals surface area contributed by atoms with Crippen LogP contribution in [0.3, 0.4) is 0 Å². The van der Waals surface area contributed by atoms with Crippen molar-refractivity contribution in [1.29, 1.82) is 0 Å². The Morgan fingerprint density at radius 2 is 1.88 bits per heavy atom. The van der Waals surface area contributed by atoms with E-state index in [0.29, 0.717) is 0 Å². The van der Waals surface area contributed by atoms with Crippen molar-refractivity contribution in [3.05, 3.63) is 18.0 Å². The van der Waals surface area contributed by atoms with Crippen LogP contribution >= 0.6 is 0 Å². The lowest BCUT2D eigenvalue weighted by atomic mass is 10.3. The molecule has 17 heavy (non-hydrogen) atoms. The molecule has 92 valence electrons. The standard InChI is InChI=1S/C11H16N4O2/c1-9-6-12-11(13-7-9)15-4-2-14(3-5-15)8-10(16)17/h6-7H,2-5,8H2,1H3,(H,16,17). The Balaban J connectivity index is 1.90. The lowest BCUT2D eigenvalue weighted by molar-refractivity contribution is -0.138. The van der Waals surface area contributed by atoms with Crippen molar-refractivity contribution in [3.8, 4) is 0 Å². The van der Waals surface area contributed by atoms with E-state index in [1.807, 2.05) is 11.8 Å². The average molecular weight is 236 g/mol. The number of aromatic nitrogens is 2. The van der Waals surface area contributed by atoms with Crippen LogP contribution in [0.2, 0.25) is 0 Å². The van der Waals surface area contributed by atoms with E-state index in [4.69, 9.17) is 5.11 Å².